The van der Waals surface area contributed by atoms with Crippen molar-refractivity contribution in [1.29, 1.82) is 0 Å². The number of aromatic carboxylic acids is 1. The van der Waals surface area contributed by atoms with Crippen LogP contribution in [0.3, 0.4) is 0 Å². The highest BCUT2D eigenvalue weighted by atomic mass is 32.1. The number of nitrogens with zero attached hydrogens (tertiary/aromatic N) is 2. The van der Waals surface area contributed by atoms with Crippen LogP contribution in [0.2, 0.25) is 0 Å². The zero-order valence-electron chi connectivity index (χ0n) is 10.8. The van der Waals surface area contributed by atoms with Crippen molar-refractivity contribution in [2.45, 2.75) is 19.9 Å². The van der Waals surface area contributed by atoms with E-state index in [1.54, 1.807) is 6.07 Å². The van der Waals surface area contributed by atoms with Crippen molar-refractivity contribution in [2.24, 2.45) is 0 Å². The highest BCUT2D eigenvalue weighted by Gasteiger charge is 2.17. The van der Waals surface area contributed by atoms with Gasteiger partial charge in [0.2, 0.25) is 0 Å². The van der Waals surface area contributed by atoms with Crippen LogP contribution in [-0.4, -0.2) is 53.6 Å². The Balaban J connectivity index is 1.82. The molecule has 2 rings (SSSR count). The summed E-state index contributed by atoms with van der Waals surface area (Å²) in [6.45, 7) is 8.72. The first-order chi connectivity index (χ1) is 8.69. The van der Waals surface area contributed by atoms with E-state index in [1.807, 2.05) is 6.07 Å². The van der Waals surface area contributed by atoms with E-state index in [0.29, 0.717) is 4.88 Å². The highest BCUT2D eigenvalue weighted by Crippen LogP contribution is 2.19. The van der Waals surface area contributed by atoms with Crippen LogP contribution in [0.4, 0.5) is 0 Å². The normalized spacial score (nSPS) is 18.1. The first-order valence-electron chi connectivity index (χ1n) is 6.45. The monoisotopic (exact) mass is 268 g/mol. The lowest BCUT2D eigenvalue weighted by Crippen LogP contribution is -2.45. The van der Waals surface area contributed by atoms with E-state index in [9.17, 15) is 4.79 Å². The molecule has 0 amide bonds. The fourth-order valence-corrected chi connectivity index (χ4v) is 3.17. The Labute approximate surface area is 112 Å². The van der Waals surface area contributed by atoms with Crippen LogP contribution in [0.25, 0.3) is 0 Å². The van der Waals surface area contributed by atoms with Crippen LogP contribution in [0.1, 0.15) is 27.9 Å². The minimum atomic E-state index is -0.820. The van der Waals surface area contributed by atoms with Gasteiger partial charge in [-0.15, -0.1) is 11.3 Å². The molecule has 0 radical (unpaired) electrons. The summed E-state index contributed by atoms with van der Waals surface area (Å²) in [5.74, 6) is -0.820. The Morgan fingerprint density at radius 2 is 1.94 bits per heavy atom. The SMILES string of the molecule is CCCN1CCN(Cc2ccc(C(=O)O)s2)CC1. The summed E-state index contributed by atoms with van der Waals surface area (Å²) in [6, 6.07) is 3.64. The molecule has 1 aromatic rings. The first kappa shape index (κ1) is 13.5. The molecule has 1 saturated heterocycles. The summed E-state index contributed by atoms with van der Waals surface area (Å²) in [5.41, 5.74) is 0. The Bertz CT molecular complexity index is 397. The third-order valence-corrected chi connectivity index (χ3v) is 4.31. The molecule has 4 nitrogen and oxygen atoms in total. The molecule has 0 saturated carbocycles. The van der Waals surface area contributed by atoms with Crippen molar-refractivity contribution in [3.63, 3.8) is 0 Å². The van der Waals surface area contributed by atoms with Crippen LogP contribution >= 0.6 is 11.3 Å². The highest BCUT2D eigenvalue weighted by molar-refractivity contribution is 7.13. The molecule has 2 heterocycles. The van der Waals surface area contributed by atoms with Crippen molar-refractivity contribution in [3.05, 3.63) is 21.9 Å². The molecule has 0 aromatic carbocycles. The molecular weight excluding hydrogens is 248 g/mol. The lowest BCUT2D eigenvalue weighted by molar-refractivity contribution is 0.0702. The third kappa shape index (κ3) is 3.54. The average molecular weight is 268 g/mol. The van der Waals surface area contributed by atoms with Crippen LogP contribution < -0.4 is 0 Å². The maximum Gasteiger partial charge on any atom is 0.345 e. The number of piperazine rings is 1. The number of rotatable bonds is 5. The Morgan fingerprint density at radius 3 is 2.50 bits per heavy atom. The quantitative estimate of drug-likeness (QED) is 0.887. The average Bonchev–Trinajstić information content (AvgIpc) is 2.81. The van der Waals surface area contributed by atoms with Crippen molar-refractivity contribution in [2.75, 3.05) is 32.7 Å². The Kier molecular flexibility index (Phi) is 4.74. The third-order valence-electron chi connectivity index (χ3n) is 3.26. The molecule has 1 aliphatic rings. The molecular formula is C13H20N2O2S. The van der Waals surface area contributed by atoms with E-state index in [2.05, 4.69) is 16.7 Å². The smallest absolute Gasteiger partial charge is 0.345 e. The molecule has 0 aliphatic carbocycles. The van der Waals surface area contributed by atoms with Crippen molar-refractivity contribution >= 4 is 17.3 Å². The minimum absolute atomic E-state index is 0.439. The van der Waals surface area contributed by atoms with E-state index < -0.39 is 5.97 Å². The van der Waals surface area contributed by atoms with Crippen LogP contribution in [0, 0.1) is 0 Å². The Morgan fingerprint density at radius 1 is 1.28 bits per heavy atom. The molecule has 0 spiro atoms. The van der Waals surface area contributed by atoms with Gasteiger partial charge < -0.3 is 10.0 Å². The molecule has 18 heavy (non-hydrogen) atoms. The Hall–Kier alpha value is -0.910. The summed E-state index contributed by atoms with van der Waals surface area (Å²) < 4.78 is 0. The van der Waals surface area contributed by atoms with E-state index in [1.165, 1.54) is 24.3 Å². The largest absolute Gasteiger partial charge is 0.477 e. The maximum absolute atomic E-state index is 10.8. The molecule has 5 heteroatoms. The molecule has 1 N–H and O–H groups in total. The van der Waals surface area contributed by atoms with Gasteiger partial charge in [0, 0.05) is 37.6 Å². The zero-order chi connectivity index (χ0) is 13.0. The van der Waals surface area contributed by atoms with E-state index in [4.69, 9.17) is 5.11 Å². The van der Waals surface area contributed by atoms with Crippen LogP contribution in [-0.2, 0) is 6.54 Å². The summed E-state index contributed by atoms with van der Waals surface area (Å²) >= 11 is 1.39. The minimum Gasteiger partial charge on any atom is -0.477 e. The number of hydrogen-bond acceptors (Lipinski definition) is 4. The van der Waals surface area contributed by atoms with Gasteiger partial charge in [0.05, 0.1) is 0 Å². The molecule has 0 bridgehead atoms. The van der Waals surface area contributed by atoms with Gasteiger partial charge in [0.25, 0.3) is 0 Å². The lowest BCUT2D eigenvalue weighted by Gasteiger charge is -2.34. The van der Waals surface area contributed by atoms with E-state index in [0.717, 1.165) is 37.6 Å². The predicted octanol–water partition coefficient (Wildman–Crippen LogP) is 1.97. The van der Waals surface area contributed by atoms with Gasteiger partial charge >= 0.3 is 5.97 Å². The van der Waals surface area contributed by atoms with Gasteiger partial charge in [-0.2, -0.15) is 0 Å². The van der Waals surface area contributed by atoms with Gasteiger partial charge in [0.15, 0.2) is 0 Å². The standard InChI is InChI=1S/C13H20N2O2S/c1-2-5-14-6-8-15(9-7-14)10-11-3-4-12(18-11)13(16)17/h3-4H,2,5-10H2,1H3,(H,16,17). The fraction of sp³-hybridized carbons (Fsp3) is 0.615. The van der Waals surface area contributed by atoms with Crippen molar-refractivity contribution in [3.8, 4) is 0 Å². The predicted molar refractivity (Wildman–Crippen MR) is 73.3 cm³/mol. The number of carboxylic acids is 1. The fourth-order valence-electron chi connectivity index (χ4n) is 2.29. The second-order valence-electron chi connectivity index (χ2n) is 4.69. The zero-order valence-corrected chi connectivity index (χ0v) is 11.6. The van der Waals surface area contributed by atoms with Crippen molar-refractivity contribution < 1.29 is 9.90 Å². The van der Waals surface area contributed by atoms with Gasteiger partial charge in [0.1, 0.15) is 4.88 Å². The summed E-state index contributed by atoms with van der Waals surface area (Å²) in [7, 11) is 0. The van der Waals surface area contributed by atoms with Gasteiger partial charge in [-0.05, 0) is 25.1 Å². The molecule has 1 aromatic heterocycles. The summed E-state index contributed by atoms with van der Waals surface area (Å²) in [6.07, 6.45) is 1.22. The van der Waals surface area contributed by atoms with Crippen molar-refractivity contribution in [1.82, 2.24) is 9.80 Å². The van der Waals surface area contributed by atoms with E-state index in [-0.39, 0.29) is 0 Å². The van der Waals surface area contributed by atoms with Gasteiger partial charge in [-0.3, -0.25) is 4.90 Å². The molecule has 0 unspecified atom stereocenters. The molecule has 100 valence electrons. The number of thiophene rings is 1. The number of hydrogen-bond donors (Lipinski definition) is 1. The number of carbonyl (C=O) groups is 1. The van der Waals surface area contributed by atoms with Crippen LogP contribution in [0.15, 0.2) is 12.1 Å². The van der Waals surface area contributed by atoms with Gasteiger partial charge in [-0.25, -0.2) is 4.79 Å². The maximum atomic E-state index is 10.8. The first-order valence-corrected chi connectivity index (χ1v) is 7.27. The van der Waals surface area contributed by atoms with Crippen LogP contribution in [0.5, 0.6) is 0 Å². The number of carboxylic acid groups (broad SMARTS) is 1. The second kappa shape index (κ2) is 6.31. The topological polar surface area (TPSA) is 43.8 Å². The lowest BCUT2D eigenvalue weighted by atomic mass is 10.3. The van der Waals surface area contributed by atoms with Gasteiger partial charge in [-0.1, -0.05) is 6.92 Å². The second-order valence-corrected chi connectivity index (χ2v) is 5.86. The summed E-state index contributed by atoms with van der Waals surface area (Å²) in [5, 5.41) is 8.89. The molecule has 1 aliphatic heterocycles. The van der Waals surface area contributed by atoms with E-state index >= 15 is 0 Å². The molecule has 1 fully saturated rings. The molecule has 0 atom stereocenters. The summed E-state index contributed by atoms with van der Waals surface area (Å²) in [4.78, 5) is 17.3.